The van der Waals surface area contributed by atoms with Gasteiger partial charge in [-0.2, -0.15) is 23.2 Å². The summed E-state index contributed by atoms with van der Waals surface area (Å²) in [5, 5.41) is 10.6. The number of hydrogen-bond acceptors (Lipinski definition) is 5. The van der Waals surface area contributed by atoms with E-state index in [1.807, 2.05) is 10.6 Å². The molecule has 11 heteroatoms. The number of nitrogens with one attached hydrogen (secondary N) is 1. The third-order valence-electron chi connectivity index (χ3n) is 6.44. The van der Waals surface area contributed by atoms with E-state index in [-0.39, 0.29) is 6.04 Å². The summed E-state index contributed by atoms with van der Waals surface area (Å²) < 4.78 is 67.0. The summed E-state index contributed by atoms with van der Waals surface area (Å²) in [5.41, 5.74) is 1.95. The first-order chi connectivity index (χ1) is 16.1. The molecule has 3 aromatic heterocycles. The van der Waals surface area contributed by atoms with Crippen LogP contribution < -0.4 is 4.72 Å². The smallest absolute Gasteiger partial charge is 0.320 e. The Kier molecular flexibility index (Phi) is 6.40. The van der Waals surface area contributed by atoms with Crippen LogP contribution in [0.1, 0.15) is 51.1 Å². The van der Waals surface area contributed by atoms with Crippen molar-refractivity contribution in [1.29, 1.82) is 5.26 Å². The van der Waals surface area contributed by atoms with E-state index < -0.39 is 27.1 Å². The van der Waals surface area contributed by atoms with E-state index in [2.05, 4.69) is 23.0 Å². The van der Waals surface area contributed by atoms with Crippen molar-refractivity contribution in [2.75, 3.05) is 0 Å². The molecular weight excluding hydrogens is 467 g/mol. The maximum absolute atomic E-state index is 12.8. The highest BCUT2D eigenvalue weighted by molar-refractivity contribution is 7.89. The molecule has 0 bridgehead atoms. The number of aromatic nitrogens is 3. The molecule has 0 spiro atoms. The molecule has 3 aromatic rings. The summed E-state index contributed by atoms with van der Waals surface area (Å²) in [6.07, 6.45) is 1.92. The van der Waals surface area contributed by atoms with Gasteiger partial charge in [0.2, 0.25) is 10.0 Å². The molecule has 1 fully saturated rings. The van der Waals surface area contributed by atoms with Crippen LogP contribution in [-0.4, -0.2) is 35.2 Å². The van der Waals surface area contributed by atoms with E-state index in [4.69, 9.17) is 0 Å². The minimum absolute atomic E-state index is 0.110. The van der Waals surface area contributed by atoms with Crippen molar-refractivity contribution in [3.8, 4) is 17.5 Å². The van der Waals surface area contributed by atoms with E-state index in [1.165, 1.54) is 12.1 Å². The Morgan fingerprint density at radius 3 is 2.62 bits per heavy atom. The number of nitriles is 1. The van der Waals surface area contributed by atoms with Gasteiger partial charge in [-0.3, -0.25) is 4.98 Å². The van der Waals surface area contributed by atoms with Gasteiger partial charge in [0, 0.05) is 23.8 Å². The van der Waals surface area contributed by atoms with Crippen LogP contribution in [0.2, 0.25) is 0 Å². The van der Waals surface area contributed by atoms with Crippen molar-refractivity contribution in [3.63, 3.8) is 0 Å². The molecule has 0 aliphatic heterocycles. The van der Waals surface area contributed by atoms with E-state index in [0.29, 0.717) is 33.9 Å². The van der Waals surface area contributed by atoms with Gasteiger partial charge >= 0.3 is 6.18 Å². The standard InChI is InChI=1S/C23H24F3N5O2S/c1-3-15-6-7-16(11-15)31-21(19(12-27)18-5-4-10-28-22(18)31)20-9-8-17(13-29-20)34(32,33)30-14(2)23(24,25)26/h4-5,8-10,13-16,30H,3,6-7,11H2,1-2H3/t14-,15?,16?/m1/s1. The molecule has 1 N–H and O–H groups in total. The lowest BCUT2D eigenvalue weighted by atomic mass is 10.1. The second-order valence-corrected chi connectivity index (χ2v) is 10.3. The molecule has 0 radical (unpaired) electrons. The molecule has 0 amide bonds. The summed E-state index contributed by atoms with van der Waals surface area (Å²) in [4.78, 5) is 8.38. The lowest BCUT2D eigenvalue weighted by Gasteiger charge is -2.19. The van der Waals surface area contributed by atoms with Crippen LogP contribution in [-0.2, 0) is 10.0 Å². The quantitative estimate of drug-likeness (QED) is 0.526. The molecule has 4 rings (SSSR count). The topological polar surface area (TPSA) is 101 Å². The summed E-state index contributed by atoms with van der Waals surface area (Å²) in [6.45, 7) is 2.88. The fraction of sp³-hybridized carbons (Fsp3) is 0.435. The molecule has 3 atom stereocenters. The van der Waals surface area contributed by atoms with Crippen LogP contribution in [0.4, 0.5) is 13.2 Å². The average Bonchev–Trinajstić information content (AvgIpc) is 3.40. The molecule has 1 saturated carbocycles. The largest absolute Gasteiger partial charge is 0.404 e. The molecule has 180 valence electrons. The number of fused-ring (bicyclic) bond motifs is 1. The van der Waals surface area contributed by atoms with Crippen LogP contribution in [0, 0.1) is 17.2 Å². The number of pyridine rings is 2. The fourth-order valence-electron chi connectivity index (χ4n) is 4.56. The number of sulfonamides is 1. The maximum Gasteiger partial charge on any atom is 0.404 e. The Bertz CT molecular complexity index is 1340. The molecule has 0 saturated heterocycles. The van der Waals surface area contributed by atoms with Gasteiger partial charge in [0.15, 0.2) is 0 Å². The van der Waals surface area contributed by atoms with E-state index >= 15 is 0 Å². The molecule has 7 nitrogen and oxygen atoms in total. The Labute approximate surface area is 195 Å². The number of halogens is 3. The minimum atomic E-state index is -4.71. The van der Waals surface area contributed by atoms with E-state index in [0.717, 1.165) is 38.8 Å². The Hall–Kier alpha value is -2.97. The third-order valence-corrected chi connectivity index (χ3v) is 7.97. The predicted octanol–water partition coefficient (Wildman–Crippen LogP) is 4.95. The van der Waals surface area contributed by atoms with Gasteiger partial charge in [0.25, 0.3) is 0 Å². The zero-order valence-corrected chi connectivity index (χ0v) is 19.5. The lowest BCUT2D eigenvalue weighted by molar-refractivity contribution is -0.147. The number of nitrogens with zero attached hydrogens (tertiary/aromatic N) is 4. The molecular formula is C23H24F3N5O2S. The van der Waals surface area contributed by atoms with Gasteiger partial charge in [0.1, 0.15) is 22.7 Å². The first-order valence-electron chi connectivity index (χ1n) is 11.0. The number of alkyl halides is 3. The summed E-state index contributed by atoms with van der Waals surface area (Å²) >= 11 is 0. The zero-order valence-electron chi connectivity index (χ0n) is 18.7. The second kappa shape index (κ2) is 9.00. The third kappa shape index (κ3) is 4.40. The zero-order chi connectivity index (χ0) is 24.7. The van der Waals surface area contributed by atoms with Crippen LogP contribution in [0.25, 0.3) is 22.4 Å². The lowest BCUT2D eigenvalue weighted by Crippen LogP contribution is -2.42. The van der Waals surface area contributed by atoms with E-state index in [1.54, 1.807) is 17.0 Å². The number of hydrogen-bond donors (Lipinski definition) is 1. The van der Waals surface area contributed by atoms with Crippen LogP contribution >= 0.6 is 0 Å². The molecule has 2 unspecified atom stereocenters. The average molecular weight is 492 g/mol. The highest BCUT2D eigenvalue weighted by atomic mass is 32.2. The second-order valence-electron chi connectivity index (χ2n) is 8.58. The van der Waals surface area contributed by atoms with Crippen LogP contribution in [0.15, 0.2) is 41.6 Å². The predicted molar refractivity (Wildman–Crippen MR) is 120 cm³/mol. The Morgan fingerprint density at radius 2 is 2.03 bits per heavy atom. The maximum atomic E-state index is 12.8. The van der Waals surface area contributed by atoms with Gasteiger partial charge in [0.05, 0.1) is 17.0 Å². The summed E-state index contributed by atoms with van der Waals surface area (Å²) in [5.74, 6) is 0.562. The van der Waals surface area contributed by atoms with Crippen LogP contribution in [0.3, 0.4) is 0 Å². The first-order valence-corrected chi connectivity index (χ1v) is 12.5. The Morgan fingerprint density at radius 1 is 1.26 bits per heavy atom. The van der Waals surface area contributed by atoms with Crippen molar-refractivity contribution < 1.29 is 21.6 Å². The van der Waals surface area contributed by atoms with Crippen molar-refractivity contribution in [2.24, 2.45) is 5.92 Å². The monoisotopic (exact) mass is 491 g/mol. The molecule has 3 heterocycles. The van der Waals surface area contributed by atoms with Gasteiger partial charge in [-0.25, -0.2) is 13.4 Å². The first kappa shape index (κ1) is 24.2. The summed E-state index contributed by atoms with van der Waals surface area (Å²) in [6, 6.07) is 6.29. The molecule has 34 heavy (non-hydrogen) atoms. The summed E-state index contributed by atoms with van der Waals surface area (Å²) in [7, 11) is -4.44. The Balaban J connectivity index is 1.79. The highest BCUT2D eigenvalue weighted by Gasteiger charge is 2.39. The SMILES string of the molecule is CCC1CCC(n2c(-c3ccc(S(=O)(=O)N[C@H](C)C(F)(F)F)cn3)c(C#N)c3cccnc32)C1. The normalized spacial score (nSPS) is 19.9. The van der Waals surface area contributed by atoms with Crippen molar-refractivity contribution in [3.05, 3.63) is 42.2 Å². The van der Waals surface area contributed by atoms with Gasteiger partial charge in [-0.1, -0.05) is 13.3 Å². The molecule has 0 aromatic carbocycles. The van der Waals surface area contributed by atoms with Crippen LogP contribution in [0.5, 0.6) is 0 Å². The van der Waals surface area contributed by atoms with Gasteiger partial charge < -0.3 is 4.57 Å². The number of rotatable bonds is 6. The van der Waals surface area contributed by atoms with Gasteiger partial charge in [-0.05, 0) is 56.4 Å². The molecule has 1 aliphatic rings. The van der Waals surface area contributed by atoms with E-state index in [9.17, 15) is 26.9 Å². The fourth-order valence-corrected chi connectivity index (χ4v) is 5.73. The van der Waals surface area contributed by atoms with Crippen molar-refractivity contribution in [2.45, 2.75) is 62.7 Å². The minimum Gasteiger partial charge on any atom is -0.320 e. The van der Waals surface area contributed by atoms with Crippen molar-refractivity contribution >= 4 is 21.1 Å². The van der Waals surface area contributed by atoms with Crippen molar-refractivity contribution in [1.82, 2.24) is 19.3 Å². The highest BCUT2D eigenvalue weighted by Crippen LogP contribution is 2.43. The van der Waals surface area contributed by atoms with Gasteiger partial charge in [-0.15, -0.1) is 0 Å². The molecule has 1 aliphatic carbocycles.